The highest BCUT2D eigenvalue weighted by Crippen LogP contribution is 1.95. The normalized spacial score (nSPS) is 10.6. The van der Waals surface area contributed by atoms with Crippen molar-refractivity contribution in [2.24, 2.45) is 0 Å². The van der Waals surface area contributed by atoms with Crippen molar-refractivity contribution in [2.75, 3.05) is 19.8 Å². The summed E-state index contributed by atoms with van der Waals surface area (Å²) in [6.45, 7) is 2.96. The molecule has 74 valence electrons. The van der Waals surface area contributed by atoms with Gasteiger partial charge in [0.05, 0.1) is 6.67 Å². The van der Waals surface area contributed by atoms with E-state index in [0.29, 0.717) is 31.1 Å². The number of hydrogen-bond donors (Lipinski definition) is 1. The average molecular weight is 187 g/mol. The van der Waals surface area contributed by atoms with Crippen LogP contribution in [0.1, 0.15) is 18.1 Å². The molecule has 0 atom stereocenters. The molecular formula is C8H14FN3O. The van der Waals surface area contributed by atoms with Gasteiger partial charge in [-0.15, -0.1) is 0 Å². The topological polar surface area (TPSA) is 51.0 Å². The molecule has 1 aromatic rings. The minimum Gasteiger partial charge on any atom is -0.339 e. The summed E-state index contributed by atoms with van der Waals surface area (Å²) >= 11 is 0. The smallest absolute Gasteiger partial charge is 0.227 e. The molecular weight excluding hydrogens is 173 g/mol. The van der Waals surface area contributed by atoms with Gasteiger partial charge in [-0.3, -0.25) is 4.39 Å². The molecule has 0 aliphatic carbocycles. The second-order valence-corrected chi connectivity index (χ2v) is 2.78. The number of aromatic nitrogens is 2. The molecule has 5 heteroatoms. The summed E-state index contributed by atoms with van der Waals surface area (Å²) in [6, 6.07) is 0. The number of hydrogen-bond acceptors (Lipinski definition) is 4. The molecule has 0 fully saturated rings. The van der Waals surface area contributed by atoms with Crippen LogP contribution in [-0.4, -0.2) is 29.9 Å². The molecule has 0 bridgehead atoms. The fourth-order valence-corrected chi connectivity index (χ4v) is 0.954. The van der Waals surface area contributed by atoms with Gasteiger partial charge in [-0.2, -0.15) is 4.98 Å². The summed E-state index contributed by atoms with van der Waals surface area (Å²) in [5.74, 6) is 1.28. The van der Waals surface area contributed by atoms with Crippen LogP contribution < -0.4 is 5.32 Å². The number of rotatable bonds is 6. The molecule has 0 saturated heterocycles. The standard InChI is InChI=1S/C8H14FN3O/c1-7-11-8(13-12-7)3-6-10-5-2-4-9/h10H,2-6H2,1H3. The third kappa shape index (κ3) is 3.98. The Morgan fingerprint density at radius 1 is 1.46 bits per heavy atom. The highest BCUT2D eigenvalue weighted by molar-refractivity contribution is 4.83. The second kappa shape index (κ2) is 5.64. The van der Waals surface area contributed by atoms with Crippen LogP contribution >= 0.6 is 0 Å². The average Bonchev–Trinajstić information content (AvgIpc) is 2.51. The van der Waals surface area contributed by atoms with Crippen LogP contribution in [0.5, 0.6) is 0 Å². The lowest BCUT2D eigenvalue weighted by Crippen LogP contribution is -2.18. The van der Waals surface area contributed by atoms with Crippen LogP contribution in [0.4, 0.5) is 4.39 Å². The van der Waals surface area contributed by atoms with Crippen molar-refractivity contribution < 1.29 is 8.91 Å². The van der Waals surface area contributed by atoms with Crippen molar-refractivity contribution in [1.82, 2.24) is 15.5 Å². The van der Waals surface area contributed by atoms with Gasteiger partial charge in [0, 0.05) is 13.0 Å². The van der Waals surface area contributed by atoms with Gasteiger partial charge in [-0.1, -0.05) is 5.16 Å². The van der Waals surface area contributed by atoms with Crippen LogP contribution in [0.3, 0.4) is 0 Å². The van der Waals surface area contributed by atoms with E-state index in [1.807, 2.05) is 0 Å². The first-order chi connectivity index (χ1) is 6.33. The SMILES string of the molecule is Cc1noc(CCNCCCF)n1. The van der Waals surface area contributed by atoms with Crippen molar-refractivity contribution in [3.8, 4) is 0 Å². The van der Waals surface area contributed by atoms with Crippen molar-refractivity contribution in [1.29, 1.82) is 0 Å². The molecule has 13 heavy (non-hydrogen) atoms. The van der Waals surface area contributed by atoms with Crippen LogP contribution in [-0.2, 0) is 6.42 Å². The van der Waals surface area contributed by atoms with Crippen LogP contribution in [0.25, 0.3) is 0 Å². The molecule has 0 saturated carbocycles. The fourth-order valence-electron chi connectivity index (χ4n) is 0.954. The van der Waals surface area contributed by atoms with Gasteiger partial charge in [0.1, 0.15) is 0 Å². The Kier molecular flexibility index (Phi) is 4.39. The zero-order valence-corrected chi connectivity index (χ0v) is 7.72. The maximum atomic E-state index is 11.7. The summed E-state index contributed by atoms with van der Waals surface area (Å²) in [4.78, 5) is 4.04. The quantitative estimate of drug-likeness (QED) is 0.671. The van der Waals surface area contributed by atoms with E-state index in [1.165, 1.54) is 0 Å². The summed E-state index contributed by atoms with van der Waals surface area (Å²) in [5.41, 5.74) is 0. The van der Waals surface area contributed by atoms with E-state index in [9.17, 15) is 4.39 Å². The third-order valence-corrected chi connectivity index (χ3v) is 1.57. The van der Waals surface area contributed by atoms with Crippen LogP contribution in [0.15, 0.2) is 4.52 Å². The van der Waals surface area contributed by atoms with Crippen molar-refractivity contribution in [3.05, 3.63) is 11.7 Å². The van der Waals surface area contributed by atoms with E-state index in [4.69, 9.17) is 4.52 Å². The summed E-state index contributed by atoms with van der Waals surface area (Å²) in [6.07, 6.45) is 1.26. The Labute approximate surface area is 76.5 Å². The molecule has 0 unspecified atom stereocenters. The lowest BCUT2D eigenvalue weighted by molar-refractivity contribution is 0.371. The maximum Gasteiger partial charge on any atom is 0.227 e. The predicted molar refractivity (Wildman–Crippen MR) is 46.2 cm³/mol. The van der Waals surface area contributed by atoms with E-state index in [0.717, 1.165) is 6.54 Å². The van der Waals surface area contributed by atoms with E-state index in [1.54, 1.807) is 6.92 Å². The molecule has 0 spiro atoms. The van der Waals surface area contributed by atoms with E-state index in [-0.39, 0.29) is 6.67 Å². The molecule has 0 aliphatic heterocycles. The molecule has 1 rings (SSSR count). The van der Waals surface area contributed by atoms with Gasteiger partial charge in [-0.05, 0) is 19.9 Å². The summed E-state index contributed by atoms with van der Waals surface area (Å²) in [7, 11) is 0. The van der Waals surface area contributed by atoms with E-state index < -0.39 is 0 Å². The Morgan fingerprint density at radius 2 is 2.31 bits per heavy atom. The Balaban J connectivity index is 2.06. The number of nitrogens with zero attached hydrogens (tertiary/aromatic N) is 2. The Hall–Kier alpha value is -0.970. The fraction of sp³-hybridized carbons (Fsp3) is 0.750. The van der Waals surface area contributed by atoms with Crippen molar-refractivity contribution in [2.45, 2.75) is 19.8 Å². The largest absolute Gasteiger partial charge is 0.339 e. The van der Waals surface area contributed by atoms with Crippen molar-refractivity contribution >= 4 is 0 Å². The van der Waals surface area contributed by atoms with Gasteiger partial charge in [0.2, 0.25) is 5.89 Å². The molecule has 1 heterocycles. The molecule has 0 aromatic carbocycles. The van der Waals surface area contributed by atoms with Crippen LogP contribution in [0.2, 0.25) is 0 Å². The molecule has 1 aromatic heterocycles. The lowest BCUT2D eigenvalue weighted by Gasteiger charge is -1.98. The first kappa shape index (κ1) is 10.1. The lowest BCUT2D eigenvalue weighted by atomic mass is 10.4. The molecule has 0 amide bonds. The highest BCUT2D eigenvalue weighted by atomic mass is 19.1. The van der Waals surface area contributed by atoms with Gasteiger partial charge in [0.25, 0.3) is 0 Å². The van der Waals surface area contributed by atoms with E-state index in [2.05, 4.69) is 15.5 Å². The zero-order chi connectivity index (χ0) is 9.52. The number of aryl methyl sites for hydroxylation is 1. The number of alkyl halides is 1. The van der Waals surface area contributed by atoms with Crippen molar-refractivity contribution in [3.63, 3.8) is 0 Å². The van der Waals surface area contributed by atoms with E-state index >= 15 is 0 Å². The molecule has 1 N–H and O–H groups in total. The monoisotopic (exact) mass is 187 g/mol. The number of halogens is 1. The summed E-state index contributed by atoms with van der Waals surface area (Å²) in [5, 5.41) is 6.73. The first-order valence-corrected chi connectivity index (χ1v) is 4.39. The highest BCUT2D eigenvalue weighted by Gasteiger charge is 2.00. The van der Waals surface area contributed by atoms with Gasteiger partial charge in [-0.25, -0.2) is 0 Å². The van der Waals surface area contributed by atoms with Gasteiger partial charge < -0.3 is 9.84 Å². The number of nitrogens with one attached hydrogen (secondary N) is 1. The van der Waals surface area contributed by atoms with Crippen LogP contribution in [0, 0.1) is 6.92 Å². The van der Waals surface area contributed by atoms with Gasteiger partial charge in [0.15, 0.2) is 5.82 Å². The molecule has 4 nitrogen and oxygen atoms in total. The predicted octanol–water partition coefficient (Wildman–Crippen LogP) is 0.870. The summed E-state index contributed by atoms with van der Waals surface area (Å²) < 4.78 is 16.6. The zero-order valence-electron chi connectivity index (χ0n) is 7.72. The Bertz CT molecular complexity index is 239. The Morgan fingerprint density at radius 3 is 2.92 bits per heavy atom. The molecule has 0 radical (unpaired) electrons. The first-order valence-electron chi connectivity index (χ1n) is 4.39. The molecule has 0 aliphatic rings. The second-order valence-electron chi connectivity index (χ2n) is 2.78. The maximum absolute atomic E-state index is 11.7. The van der Waals surface area contributed by atoms with Gasteiger partial charge >= 0.3 is 0 Å². The minimum atomic E-state index is -0.271. The minimum absolute atomic E-state index is 0.271. The third-order valence-electron chi connectivity index (χ3n) is 1.57.